The van der Waals surface area contributed by atoms with E-state index in [9.17, 15) is 4.79 Å². The minimum Gasteiger partial charge on any atom is -0.292 e. The maximum absolute atomic E-state index is 12.7. The highest BCUT2D eigenvalue weighted by molar-refractivity contribution is 8.17. The second kappa shape index (κ2) is 8.81. The molecular weight excluding hydrogens is 464 g/mol. The Morgan fingerprint density at radius 3 is 1.89 bits per heavy atom. The maximum atomic E-state index is 12.7. The van der Waals surface area contributed by atoms with Crippen molar-refractivity contribution in [2.45, 2.75) is 18.8 Å². The number of hydrazone groups is 2. The number of aryl methyl sites for hydroxylation is 1. The van der Waals surface area contributed by atoms with Crippen LogP contribution in [0.4, 0.5) is 11.4 Å². The maximum Gasteiger partial charge on any atom is 0.234 e. The molecule has 0 aliphatic carbocycles. The van der Waals surface area contributed by atoms with Crippen LogP contribution in [0.25, 0.3) is 0 Å². The van der Waals surface area contributed by atoms with Gasteiger partial charge < -0.3 is 0 Å². The predicted molar refractivity (Wildman–Crippen MR) is 148 cm³/mol. The summed E-state index contributed by atoms with van der Waals surface area (Å²) < 4.78 is 0. The molecule has 0 radical (unpaired) electrons. The smallest absolute Gasteiger partial charge is 0.234 e. The Morgan fingerprint density at radius 2 is 1.28 bits per heavy atom. The minimum atomic E-state index is -0.922. The summed E-state index contributed by atoms with van der Waals surface area (Å²) in [6.07, 6.45) is 0. The van der Waals surface area contributed by atoms with Crippen molar-refractivity contribution in [2.75, 3.05) is 10.0 Å². The molecule has 1 atom stereocenters. The molecule has 4 aromatic rings. The number of para-hydroxylation sites is 2. The van der Waals surface area contributed by atoms with E-state index < -0.39 is 4.99 Å². The van der Waals surface area contributed by atoms with Crippen LogP contribution in [0.5, 0.6) is 0 Å². The number of benzene rings is 4. The first kappa shape index (κ1) is 22.3. The minimum absolute atomic E-state index is 0.0726. The first-order chi connectivity index (χ1) is 17.6. The quantitative estimate of drug-likeness (QED) is 0.328. The molecule has 0 saturated carbocycles. The van der Waals surface area contributed by atoms with Crippen molar-refractivity contribution >= 4 is 39.7 Å². The van der Waals surface area contributed by atoms with Crippen LogP contribution in [0.1, 0.15) is 29.2 Å². The summed E-state index contributed by atoms with van der Waals surface area (Å²) in [4.78, 5) is 11.8. The molecule has 1 unspecified atom stereocenters. The zero-order chi connectivity index (χ0) is 24.7. The molecule has 6 heteroatoms. The van der Waals surface area contributed by atoms with Gasteiger partial charge in [0.1, 0.15) is 0 Å². The van der Waals surface area contributed by atoms with Gasteiger partial charge in [-0.05, 0) is 43.0 Å². The molecule has 0 fully saturated rings. The van der Waals surface area contributed by atoms with Gasteiger partial charge in [0.25, 0.3) is 0 Å². The van der Waals surface area contributed by atoms with E-state index in [-0.39, 0.29) is 5.78 Å². The first-order valence-electron chi connectivity index (χ1n) is 11.8. The lowest BCUT2D eigenvalue weighted by atomic mass is 9.93. The summed E-state index contributed by atoms with van der Waals surface area (Å²) in [6.45, 7) is 3.65. The van der Waals surface area contributed by atoms with Crippen molar-refractivity contribution in [1.82, 2.24) is 0 Å². The lowest BCUT2D eigenvalue weighted by Crippen LogP contribution is -2.54. The van der Waals surface area contributed by atoms with Crippen LogP contribution in [0.3, 0.4) is 0 Å². The molecule has 36 heavy (non-hydrogen) atoms. The standard InChI is InChI=1S/C30H24N4OS/c1-21-17-19-23(20-18-21)28-26-15-9-10-16-27(26)30(33(31-28)24-11-5-3-6-12-24)34(25-13-7-4-8-14-25)32-29(36-30)22(2)35/h3-20H,1-2H3. The molecule has 0 aromatic heterocycles. The Hall–Kier alpha value is -4.16. The van der Waals surface area contributed by atoms with Crippen molar-refractivity contribution in [3.05, 3.63) is 131 Å². The van der Waals surface area contributed by atoms with E-state index in [2.05, 4.69) is 43.3 Å². The van der Waals surface area contributed by atoms with Crippen LogP contribution in [-0.4, -0.2) is 16.5 Å². The number of carbonyl (C=O) groups excluding carboxylic acids is 1. The third-order valence-corrected chi connectivity index (χ3v) is 7.78. The molecule has 0 saturated heterocycles. The van der Waals surface area contributed by atoms with Crippen molar-refractivity contribution in [2.24, 2.45) is 10.2 Å². The van der Waals surface area contributed by atoms with Crippen LogP contribution in [0.2, 0.25) is 0 Å². The van der Waals surface area contributed by atoms with E-state index in [1.807, 2.05) is 82.8 Å². The highest BCUT2D eigenvalue weighted by Crippen LogP contribution is 2.54. The van der Waals surface area contributed by atoms with Gasteiger partial charge in [0.2, 0.25) is 4.99 Å². The highest BCUT2D eigenvalue weighted by Gasteiger charge is 2.55. The molecule has 0 N–H and O–H groups in total. The largest absolute Gasteiger partial charge is 0.292 e. The van der Waals surface area contributed by atoms with Gasteiger partial charge in [0, 0.05) is 23.6 Å². The number of hydrogen-bond donors (Lipinski definition) is 0. The second-order valence-corrected chi connectivity index (χ2v) is 9.99. The van der Waals surface area contributed by atoms with Gasteiger partial charge in [-0.2, -0.15) is 10.2 Å². The summed E-state index contributed by atoms with van der Waals surface area (Å²) in [6, 6.07) is 36.8. The Balaban J connectivity index is 1.66. The number of ketones is 1. The van der Waals surface area contributed by atoms with Crippen molar-refractivity contribution in [3.8, 4) is 0 Å². The van der Waals surface area contributed by atoms with E-state index in [0.717, 1.165) is 33.8 Å². The third-order valence-electron chi connectivity index (χ3n) is 6.36. The van der Waals surface area contributed by atoms with Gasteiger partial charge in [0.15, 0.2) is 10.8 Å². The van der Waals surface area contributed by atoms with Crippen molar-refractivity contribution < 1.29 is 4.79 Å². The Kier molecular flexibility index (Phi) is 5.46. The van der Waals surface area contributed by atoms with E-state index in [1.165, 1.54) is 17.3 Å². The number of Topliss-reactive ketones (excluding diaryl/α,β-unsaturated/α-hetero) is 1. The van der Waals surface area contributed by atoms with Gasteiger partial charge in [-0.15, -0.1) is 0 Å². The Labute approximate surface area is 214 Å². The lowest BCUT2D eigenvalue weighted by molar-refractivity contribution is -0.110. The van der Waals surface area contributed by atoms with E-state index in [4.69, 9.17) is 10.2 Å². The molecule has 176 valence electrons. The molecule has 6 rings (SSSR count). The lowest BCUT2D eigenvalue weighted by Gasteiger charge is -2.47. The topological polar surface area (TPSA) is 48.3 Å². The van der Waals surface area contributed by atoms with Crippen LogP contribution in [0.15, 0.2) is 119 Å². The van der Waals surface area contributed by atoms with Gasteiger partial charge in [0.05, 0.1) is 17.1 Å². The molecule has 2 aliphatic heterocycles. The molecule has 1 spiro atoms. The summed E-state index contributed by atoms with van der Waals surface area (Å²) in [5.41, 5.74) is 6.93. The highest BCUT2D eigenvalue weighted by atomic mass is 32.2. The second-order valence-electron chi connectivity index (χ2n) is 8.83. The van der Waals surface area contributed by atoms with Crippen LogP contribution >= 0.6 is 11.8 Å². The number of rotatable bonds is 4. The Morgan fingerprint density at radius 1 is 0.722 bits per heavy atom. The SMILES string of the molecule is CC(=O)C1=NN(c2ccccc2)C2(S1)c1ccccc1C(c1ccc(C)cc1)=NN2c1ccccc1. The zero-order valence-corrected chi connectivity index (χ0v) is 20.8. The molecule has 5 nitrogen and oxygen atoms in total. The van der Waals surface area contributed by atoms with Gasteiger partial charge in [-0.1, -0.05) is 90.5 Å². The summed E-state index contributed by atoms with van der Waals surface area (Å²) in [5, 5.41) is 14.6. The molecule has 2 heterocycles. The fraction of sp³-hybridized carbons (Fsp3) is 0.100. The monoisotopic (exact) mass is 488 g/mol. The normalized spacial score (nSPS) is 18.6. The molecule has 2 aliphatic rings. The molecule has 0 bridgehead atoms. The number of thioether (sulfide) groups is 1. The summed E-state index contributed by atoms with van der Waals surface area (Å²) in [5.74, 6) is -0.0726. The number of nitrogens with zero attached hydrogens (tertiary/aromatic N) is 4. The van der Waals surface area contributed by atoms with E-state index >= 15 is 0 Å². The first-order valence-corrected chi connectivity index (χ1v) is 12.6. The van der Waals surface area contributed by atoms with Crippen LogP contribution in [-0.2, 0) is 9.79 Å². The summed E-state index contributed by atoms with van der Waals surface area (Å²) in [7, 11) is 0. The molecular formula is C30H24N4OS. The fourth-order valence-electron chi connectivity index (χ4n) is 4.64. The van der Waals surface area contributed by atoms with Crippen LogP contribution in [0, 0.1) is 6.92 Å². The predicted octanol–water partition coefficient (Wildman–Crippen LogP) is 6.53. The van der Waals surface area contributed by atoms with Gasteiger partial charge >= 0.3 is 0 Å². The molecule has 4 aromatic carbocycles. The number of hydrogen-bond acceptors (Lipinski definition) is 6. The Bertz CT molecular complexity index is 1500. The fourth-order valence-corrected chi connectivity index (χ4v) is 5.93. The number of fused-ring (bicyclic) bond motifs is 2. The summed E-state index contributed by atoms with van der Waals surface area (Å²) >= 11 is 1.44. The average molecular weight is 489 g/mol. The van der Waals surface area contributed by atoms with Gasteiger partial charge in [-0.25, -0.2) is 10.0 Å². The zero-order valence-electron chi connectivity index (χ0n) is 20.0. The number of carbonyl (C=O) groups is 1. The van der Waals surface area contributed by atoms with Gasteiger partial charge in [-0.3, -0.25) is 4.79 Å². The van der Waals surface area contributed by atoms with Crippen molar-refractivity contribution in [3.63, 3.8) is 0 Å². The van der Waals surface area contributed by atoms with E-state index in [0.29, 0.717) is 5.04 Å². The van der Waals surface area contributed by atoms with Crippen molar-refractivity contribution in [1.29, 1.82) is 0 Å². The van der Waals surface area contributed by atoms with Crippen LogP contribution < -0.4 is 10.0 Å². The van der Waals surface area contributed by atoms with E-state index in [1.54, 1.807) is 6.92 Å². The molecule has 0 amide bonds. The number of anilines is 2. The average Bonchev–Trinajstić information content (AvgIpc) is 3.32. The third kappa shape index (κ3) is 3.53.